The van der Waals surface area contributed by atoms with Crippen LogP contribution >= 0.6 is 0 Å². The van der Waals surface area contributed by atoms with Gasteiger partial charge in [0, 0.05) is 0 Å². The molecule has 1 aromatic carbocycles. The first-order valence-electron chi connectivity index (χ1n) is 9.34. The Labute approximate surface area is 155 Å². The monoisotopic (exact) mass is 358 g/mol. The van der Waals surface area contributed by atoms with Crippen LogP contribution in [0.15, 0.2) is 42.5 Å². The van der Waals surface area contributed by atoms with Crippen molar-refractivity contribution in [3.05, 3.63) is 48.0 Å². The predicted octanol–water partition coefficient (Wildman–Crippen LogP) is 5.02. The summed E-state index contributed by atoms with van der Waals surface area (Å²) in [4.78, 5) is 2.23. The van der Waals surface area contributed by atoms with Crippen LogP contribution in [-0.2, 0) is 11.3 Å². The average Bonchev–Trinajstić information content (AvgIpc) is 2.63. The average molecular weight is 359 g/mol. The SMILES string of the molecule is C=C(C)C(COCc1ccccc1)N(C)C(C#N)[Si](CC)(CC)CC. The van der Waals surface area contributed by atoms with Gasteiger partial charge >= 0.3 is 0 Å². The molecule has 0 saturated heterocycles. The normalized spacial score (nSPS) is 14.1. The van der Waals surface area contributed by atoms with Crippen molar-refractivity contribution in [2.75, 3.05) is 13.7 Å². The van der Waals surface area contributed by atoms with Crippen LogP contribution in [-0.4, -0.2) is 38.3 Å². The van der Waals surface area contributed by atoms with Crippen molar-refractivity contribution in [3.8, 4) is 6.07 Å². The lowest BCUT2D eigenvalue weighted by Crippen LogP contribution is -2.57. The quantitative estimate of drug-likeness (QED) is 0.412. The first-order chi connectivity index (χ1) is 12.0. The summed E-state index contributed by atoms with van der Waals surface area (Å²) in [7, 11) is 0.418. The first-order valence-corrected chi connectivity index (χ1v) is 12.0. The van der Waals surface area contributed by atoms with E-state index >= 15 is 0 Å². The minimum Gasteiger partial charge on any atom is -0.375 e. The van der Waals surface area contributed by atoms with Crippen molar-refractivity contribution in [2.24, 2.45) is 0 Å². The van der Waals surface area contributed by atoms with Crippen LogP contribution < -0.4 is 0 Å². The summed E-state index contributed by atoms with van der Waals surface area (Å²) in [5.74, 6) is 0. The van der Waals surface area contributed by atoms with E-state index in [-0.39, 0.29) is 11.7 Å². The highest BCUT2D eigenvalue weighted by molar-refractivity contribution is 6.81. The van der Waals surface area contributed by atoms with E-state index in [9.17, 15) is 5.26 Å². The van der Waals surface area contributed by atoms with Crippen LogP contribution in [0.25, 0.3) is 0 Å². The van der Waals surface area contributed by atoms with Gasteiger partial charge in [0.15, 0.2) is 0 Å². The number of nitrogens with zero attached hydrogens (tertiary/aromatic N) is 2. The molecule has 3 nitrogen and oxygen atoms in total. The summed E-state index contributed by atoms with van der Waals surface area (Å²) >= 11 is 0. The van der Waals surface area contributed by atoms with Crippen LogP contribution in [0.5, 0.6) is 0 Å². The molecular weight excluding hydrogens is 324 g/mol. The molecule has 0 aliphatic rings. The van der Waals surface area contributed by atoms with Crippen molar-refractivity contribution in [3.63, 3.8) is 0 Å². The molecule has 0 aromatic heterocycles. The Balaban J connectivity index is 2.85. The number of benzene rings is 1. The fourth-order valence-electron chi connectivity index (χ4n) is 3.64. The third-order valence-electron chi connectivity index (χ3n) is 5.67. The summed E-state index contributed by atoms with van der Waals surface area (Å²) in [5, 5.41) is 9.93. The van der Waals surface area contributed by atoms with E-state index in [0.717, 1.165) is 23.7 Å². The Morgan fingerprint density at radius 2 is 1.76 bits per heavy atom. The van der Waals surface area contributed by atoms with Crippen LogP contribution in [0.4, 0.5) is 0 Å². The van der Waals surface area contributed by atoms with Crippen LogP contribution in [0, 0.1) is 11.3 Å². The second-order valence-electron chi connectivity index (χ2n) is 6.98. The van der Waals surface area contributed by atoms with Crippen molar-refractivity contribution in [2.45, 2.75) is 64.1 Å². The highest BCUT2D eigenvalue weighted by Gasteiger charge is 2.41. The van der Waals surface area contributed by atoms with Crippen LogP contribution in [0.1, 0.15) is 33.3 Å². The van der Waals surface area contributed by atoms with Crippen molar-refractivity contribution < 1.29 is 4.74 Å². The van der Waals surface area contributed by atoms with Crippen molar-refractivity contribution in [1.29, 1.82) is 5.26 Å². The zero-order valence-corrected chi connectivity index (χ0v) is 17.6. The van der Waals surface area contributed by atoms with E-state index in [0.29, 0.717) is 13.2 Å². The molecule has 0 heterocycles. The van der Waals surface area contributed by atoms with Gasteiger partial charge in [-0.3, -0.25) is 4.90 Å². The van der Waals surface area contributed by atoms with Gasteiger partial charge in [0.1, 0.15) is 0 Å². The first kappa shape index (κ1) is 21.6. The second kappa shape index (κ2) is 10.5. The number of hydrogen-bond acceptors (Lipinski definition) is 3. The molecular formula is C21H34N2OSi. The highest BCUT2D eigenvalue weighted by Crippen LogP contribution is 2.29. The van der Waals surface area contributed by atoms with Gasteiger partial charge in [-0.05, 0) is 19.5 Å². The fraction of sp³-hybridized carbons (Fsp3) is 0.571. The van der Waals surface area contributed by atoms with E-state index in [1.807, 2.05) is 25.1 Å². The van der Waals surface area contributed by atoms with Gasteiger partial charge in [0.25, 0.3) is 0 Å². The smallest absolute Gasteiger partial charge is 0.0903 e. The van der Waals surface area contributed by atoms with Crippen LogP contribution in [0.2, 0.25) is 18.1 Å². The highest BCUT2D eigenvalue weighted by atomic mass is 28.3. The maximum Gasteiger partial charge on any atom is 0.0903 e. The van der Waals surface area contributed by atoms with E-state index in [4.69, 9.17) is 4.74 Å². The molecule has 138 valence electrons. The molecule has 4 heteroatoms. The van der Waals surface area contributed by atoms with E-state index in [1.165, 1.54) is 5.56 Å². The zero-order chi connectivity index (χ0) is 18.9. The molecule has 0 fully saturated rings. The molecule has 1 rings (SSSR count). The molecule has 2 unspecified atom stereocenters. The summed E-state index contributed by atoms with van der Waals surface area (Å²) in [6, 6.07) is 16.3. The molecule has 0 saturated carbocycles. The molecule has 0 amide bonds. The van der Waals surface area contributed by atoms with Crippen molar-refractivity contribution in [1.82, 2.24) is 4.90 Å². The van der Waals surface area contributed by atoms with Gasteiger partial charge in [-0.25, -0.2) is 0 Å². The molecule has 2 atom stereocenters. The largest absolute Gasteiger partial charge is 0.375 e. The van der Waals surface area contributed by atoms with Gasteiger partial charge in [-0.15, -0.1) is 0 Å². The predicted molar refractivity (Wildman–Crippen MR) is 109 cm³/mol. The molecule has 0 bridgehead atoms. The molecule has 0 aliphatic carbocycles. The Hall–Kier alpha value is -1.41. The van der Waals surface area contributed by atoms with E-state index < -0.39 is 8.07 Å². The van der Waals surface area contributed by atoms with E-state index in [2.05, 4.69) is 57.5 Å². The second-order valence-corrected chi connectivity index (χ2v) is 12.4. The minimum absolute atomic E-state index is 0.00507. The lowest BCUT2D eigenvalue weighted by molar-refractivity contribution is 0.0722. The van der Waals surface area contributed by atoms with Gasteiger partial charge in [0.2, 0.25) is 0 Å². The van der Waals surface area contributed by atoms with Gasteiger partial charge in [0.05, 0.1) is 39.1 Å². The molecule has 0 aliphatic heterocycles. The van der Waals surface area contributed by atoms with Crippen LogP contribution in [0.3, 0.4) is 0 Å². The number of likely N-dealkylation sites (N-methyl/N-ethyl adjacent to an activating group) is 1. The summed E-state index contributed by atoms with van der Waals surface area (Å²) in [5.41, 5.74) is 2.22. The zero-order valence-electron chi connectivity index (χ0n) is 16.6. The molecule has 25 heavy (non-hydrogen) atoms. The number of nitriles is 1. The maximum atomic E-state index is 9.93. The van der Waals surface area contributed by atoms with Gasteiger partial charge < -0.3 is 4.74 Å². The summed E-state index contributed by atoms with van der Waals surface area (Å²) in [6.45, 7) is 14.1. The third-order valence-corrected chi connectivity index (χ3v) is 11.6. The molecule has 0 spiro atoms. The maximum absolute atomic E-state index is 9.93. The Kier molecular flexibility index (Phi) is 9.13. The Morgan fingerprint density at radius 3 is 2.20 bits per heavy atom. The van der Waals surface area contributed by atoms with Gasteiger partial charge in [-0.1, -0.05) is 81.4 Å². The Morgan fingerprint density at radius 1 is 1.20 bits per heavy atom. The lowest BCUT2D eigenvalue weighted by atomic mass is 10.1. The molecule has 0 radical (unpaired) electrons. The minimum atomic E-state index is -1.65. The standard InChI is InChI=1S/C21H34N2OSi/c1-7-25(8-2,9-3)21(15-22)23(6)20(18(4)5)17-24-16-19-13-11-10-12-14-19/h10-14,20-21H,4,7-9,16-17H2,1-3,5-6H3. The Bertz CT molecular complexity index is 555. The van der Waals surface area contributed by atoms with Gasteiger partial charge in [-0.2, -0.15) is 5.26 Å². The number of hydrogen-bond donors (Lipinski definition) is 0. The van der Waals surface area contributed by atoms with Crippen molar-refractivity contribution >= 4 is 8.07 Å². The fourth-order valence-corrected chi connectivity index (χ4v) is 7.62. The molecule has 1 aromatic rings. The summed E-state index contributed by atoms with van der Waals surface area (Å²) < 4.78 is 5.98. The third kappa shape index (κ3) is 5.54. The lowest BCUT2D eigenvalue weighted by Gasteiger charge is -2.42. The molecule has 0 N–H and O–H groups in total. The topological polar surface area (TPSA) is 36.3 Å². The number of rotatable bonds is 11. The van der Waals surface area contributed by atoms with E-state index in [1.54, 1.807) is 0 Å². The number of ether oxygens (including phenoxy) is 1. The summed E-state index contributed by atoms with van der Waals surface area (Å²) in [6.07, 6.45) is 0.